The van der Waals surface area contributed by atoms with Crippen LogP contribution in [0.4, 0.5) is 0 Å². The van der Waals surface area contributed by atoms with E-state index in [0.29, 0.717) is 6.04 Å². The van der Waals surface area contributed by atoms with Crippen LogP contribution in [0.3, 0.4) is 0 Å². The third kappa shape index (κ3) is 7.69. The van der Waals surface area contributed by atoms with Gasteiger partial charge in [0.1, 0.15) is 0 Å². The molecule has 0 aromatic heterocycles. The summed E-state index contributed by atoms with van der Waals surface area (Å²) in [4.78, 5) is 0. The third-order valence-corrected chi connectivity index (χ3v) is 3.82. The van der Waals surface area contributed by atoms with Crippen molar-refractivity contribution in [2.45, 2.75) is 66.3 Å². The summed E-state index contributed by atoms with van der Waals surface area (Å²) in [5.74, 6) is 1.59. The molecule has 1 aromatic carbocycles. The Morgan fingerprint density at radius 3 is 2.40 bits per heavy atom. The van der Waals surface area contributed by atoms with Crippen LogP contribution < -0.4 is 5.32 Å². The van der Waals surface area contributed by atoms with Gasteiger partial charge in [-0.3, -0.25) is 0 Å². The number of hydrogen-bond donors (Lipinski definition) is 1. The van der Waals surface area contributed by atoms with E-state index in [1.807, 2.05) is 0 Å². The summed E-state index contributed by atoms with van der Waals surface area (Å²) >= 11 is 0. The topological polar surface area (TPSA) is 12.0 Å². The zero-order valence-corrected chi connectivity index (χ0v) is 14.1. The van der Waals surface area contributed by atoms with E-state index in [4.69, 9.17) is 0 Å². The number of aryl methyl sites for hydroxylation is 1. The first kappa shape index (κ1) is 17.2. The van der Waals surface area contributed by atoms with Gasteiger partial charge in [0.05, 0.1) is 0 Å². The Bertz CT molecular complexity index is 368. The maximum Gasteiger partial charge on any atom is 0.00104 e. The van der Waals surface area contributed by atoms with Gasteiger partial charge in [-0.15, -0.1) is 0 Å². The van der Waals surface area contributed by atoms with Gasteiger partial charge in [0.15, 0.2) is 0 Å². The zero-order chi connectivity index (χ0) is 15.0. The molecule has 1 aromatic rings. The molecule has 114 valence electrons. The molecule has 1 N–H and O–H groups in total. The molecule has 1 rings (SSSR count). The molecular weight excluding hydrogens is 242 g/mol. The minimum Gasteiger partial charge on any atom is -0.314 e. The Balaban J connectivity index is 2.52. The van der Waals surface area contributed by atoms with Crippen molar-refractivity contribution >= 4 is 0 Å². The predicted molar refractivity (Wildman–Crippen MR) is 90.2 cm³/mol. The zero-order valence-electron chi connectivity index (χ0n) is 14.1. The highest BCUT2D eigenvalue weighted by molar-refractivity contribution is 5.22. The van der Waals surface area contributed by atoms with Gasteiger partial charge in [-0.05, 0) is 43.7 Å². The van der Waals surface area contributed by atoms with Crippen LogP contribution in [-0.4, -0.2) is 12.6 Å². The summed E-state index contributed by atoms with van der Waals surface area (Å²) in [5, 5.41) is 3.62. The summed E-state index contributed by atoms with van der Waals surface area (Å²) in [6.07, 6.45) is 5.26. The first-order valence-electron chi connectivity index (χ1n) is 8.26. The molecule has 0 aliphatic heterocycles. The van der Waals surface area contributed by atoms with Crippen LogP contribution in [0.25, 0.3) is 0 Å². The minimum absolute atomic E-state index is 0.583. The Morgan fingerprint density at radius 2 is 1.80 bits per heavy atom. The lowest BCUT2D eigenvalue weighted by atomic mass is 9.91. The Morgan fingerprint density at radius 1 is 1.05 bits per heavy atom. The summed E-state index contributed by atoms with van der Waals surface area (Å²) in [7, 11) is 0. The second-order valence-corrected chi connectivity index (χ2v) is 6.95. The SMILES string of the molecule is Cc1cccc(CC(CCCC(C)C)CNC(C)C)c1. The molecule has 0 saturated heterocycles. The standard InChI is InChI=1S/C19H33N/c1-15(2)8-6-11-19(14-20-16(3)4)13-18-10-7-9-17(5)12-18/h7,9-10,12,15-16,19-20H,6,8,11,13-14H2,1-5H3. The average Bonchev–Trinajstić information content (AvgIpc) is 2.35. The lowest BCUT2D eigenvalue weighted by Crippen LogP contribution is -2.30. The fraction of sp³-hybridized carbons (Fsp3) is 0.684. The molecule has 0 spiro atoms. The van der Waals surface area contributed by atoms with Crippen LogP contribution in [0.15, 0.2) is 24.3 Å². The van der Waals surface area contributed by atoms with Crippen LogP contribution in [0, 0.1) is 18.8 Å². The molecule has 0 radical (unpaired) electrons. The van der Waals surface area contributed by atoms with Gasteiger partial charge < -0.3 is 5.32 Å². The van der Waals surface area contributed by atoms with Crippen LogP contribution in [0.5, 0.6) is 0 Å². The molecule has 1 heteroatoms. The molecule has 0 aliphatic rings. The van der Waals surface area contributed by atoms with E-state index in [-0.39, 0.29) is 0 Å². The number of benzene rings is 1. The normalized spacial score (nSPS) is 13.2. The quantitative estimate of drug-likeness (QED) is 0.670. The van der Waals surface area contributed by atoms with E-state index in [0.717, 1.165) is 18.4 Å². The number of nitrogens with one attached hydrogen (secondary N) is 1. The van der Waals surface area contributed by atoms with Crippen molar-refractivity contribution < 1.29 is 0 Å². The Labute approximate surface area is 126 Å². The average molecular weight is 275 g/mol. The summed E-state index contributed by atoms with van der Waals surface area (Å²) in [5.41, 5.74) is 2.87. The van der Waals surface area contributed by atoms with Gasteiger partial charge in [-0.25, -0.2) is 0 Å². The van der Waals surface area contributed by atoms with E-state index in [2.05, 4.69) is 64.2 Å². The Hall–Kier alpha value is -0.820. The molecule has 0 heterocycles. The lowest BCUT2D eigenvalue weighted by Gasteiger charge is -2.20. The summed E-state index contributed by atoms with van der Waals surface area (Å²) in [6.45, 7) is 12.4. The molecule has 1 nitrogen and oxygen atoms in total. The van der Waals surface area contributed by atoms with Crippen LogP contribution in [-0.2, 0) is 6.42 Å². The first-order valence-corrected chi connectivity index (χ1v) is 8.26. The van der Waals surface area contributed by atoms with Crippen LogP contribution in [0.2, 0.25) is 0 Å². The van der Waals surface area contributed by atoms with Crippen molar-refractivity contribution in [3.63, 3.8) is 0 Å². The van der Waals surface area contributed by atoms with E-state index < -0.39 is 0 Å². The first-order chi connectivity index (χ1) is 9.47. The maximum absolute atomic E-state index is 3.62. The monoisotopic (exact) mass is 275 g/mol. The second-order valence-electron chi connectivity index (χ2n) is 6.95. The van der Waals surface area contributed by atoms with Crippen molar-refractivity contribution in [1.29, 1.82) is 0 Å². The highest BCUT2D eigenvalue weighted by atomic mass is 14.9. The van der Waals surface area contributed by atoms with E-state index in [9.17, 15) is 0 Å². The Kier molecular flexibility index (Phi) is 7.91. The smallest absolute Gasteiger partial charge is 0.00104 e. The van der Waals surface area contributed by atoms with Gasteiger partial charge >= 0.3 is 0 Å². The molecule has 0 saturated carbocycles. The van der Waals surface area contributed by atoms with Crippen molar-refractivity contribution in [2.24, 2.45) is 11.8 Å². The van der Waals surface area contributed by atoms with Crippen LogP contribution >= 0.6 is 0 Å². The fourth-order valence-corrected chi connectivity index (χ4v) is 2.67. The molecular formula is C19H33N. The van der Waals surface area contributed by atoms with Crippen molar-refractivity contribution in [3.8, 4) is 0 Å². The van der Waals surface area contributed by atoms with Gasteiger partial charge in [-0.2, -0.15) is 0 Å². The third-order valence-electron chi connectivity index (χ3n) is 3.82. The molecule has 0 amide bonds. The molecule has 0 fully saturated rings. The maximum atomic E-state index is 3.62. The van der Waals surface area contributed by atoms with E-state index in [1.54, 1.807) is 0 Å². The summed E-state index contributed by atoms with van der Waals surface area (Å²) < 4.78 is 0. The molecule has 1 atom stereocenters. The molecule has 20 heavy (non-hydrogen) atoms. The highest BCUT2D eigenvalue weighted by Crippen LogP contribution is 2.18. The van der Waals surface area contributed by atoms with E-state index >= 15 is 0 Å². The predicted octanol–water partition coefficient (Wildman–Crippen LogP) is 4.98. The van der Waals surface area contributed by atoms with Crippen molar-refractivity contribution in [3.05, 3.63) is 35.4 Å². The van der Waals surface area contributed by atoms with Crippen molar-refractivity contribution in [1.82, 2.24) is 5.32 Å². The number of rotatable bonds is 9. The van der Waals surface area contributed by atoms with Crippen molar-refractivity contribution in [2.75, 3.05) is 6.54 Å². The van der Waals surface area contributed by atoms with E-state index in [1.165, 1.54) is 36.8 Å². The molecule has 0 aliphatic carbocycles. The van der Waals surface area contributed by atoms with Gasteiger partial charge in [0.2, 0.25) is 0 Å². The van der Waals surface area contributed by atoms with Gasteiger partial charge in [-0.1, -0.05) is 70.4 Å². The van der Waals surface area contributed by atoms with Gasteiger partial charge in [0, 0.05) is 6.04 Å². The van der Waals surface area contributed by atoms with Crippen LogP contribution in [0.1, 0.15) is 58.1 Å². The van der Waals surface area contributed by atoms with Gasteiger partial charge in [0.25, 0.3) is 0 Å². The highest BCUT2D eigenvalue weighted by Gasteiger charge is 2.11. The fourth-order valence-electron chi connectivity index (χ4n) is 2.67. The largest absolute Gasteiger partial charge is 0.314 e. The molecule has 0 bridgehead atoms. The summed E-state index contributed by atoms with van der Waals surface area (Å²) in [6, 6.07) is 9.57. The second kappa shape index (κ2) is 9.18. The lowest BCUT2D eigenvalue weighted by molar-refractivity contribution is 0.393. The minimum atomic E-state index is 0.583. The number of hydrogen-bond acceptors (Lipinski definition) is 1. The molecule has 1 unspecified atom stereocenters.